The summed E-state index contributed by atoms with van der Waals surface area (Å²) in [7, 11) is 0. The van der Waals surface area contributed by atoms with Gasteiger partial charge in [0.15, 0.2) is 0 Å². The molecule has 3 heteroatoms. The molecule has 0 heterocycles. The highest BCUT2D eigenvalue weighted by atomic mass is 35.5. The van der Waals surface area contributed by atoms with Gasteiger partial charge >= 0.3 is 0 Å². The highest BCUT2D eigenvalue weighted by Crippen LogP contribution is 1.72. The van der Waals surface area contributed by atoms with E-state index in [0.29, 0.717) is 5.82 Å². The predicted octanol–water partition coefficient (Wildman–Crippen LogP) is 1.00. The highest BCUT2D eigenvalue weighted by molar-refractivity contribution is 5.85. The SMILES string of the molecule is C=CCNC(N)=CC.Cl. The largest absolute Gasteiger partial charge is 0.386 e. The third kappa shape index (κ3) is 7.37. The Kier molecular flexibility index (Phi) is 9.18. The van der Waals surface area contributed by atoms with E-state index in [2.05, 4.69) is 11.9 Å². The molecular formula is C6H13ClN2. The van der Waals surface area contributed by atoms with Gasteiger partial charge in [-0.1, -0.05) is 6.08 Å². The van der Waals surface area contributed by atoms with Crippen LogP contribution in [0.25, 0.3) is 0 Å². The second kappa shape index (κ2) is 7.37. The molecule has 0 aromatic carbocycles. The van der Waals surface area contributed by atoms with Crippen LogP contribution in [0.15, 0.2) is 24.6 Å². The van der Waals surface area contributed by atoms with Crippen molar-refractivity contribution in [3.8, 4) is 0 Å². The van der Waals surface area contributed by atoms with Crippen molar-refractivity contribution >= 4 is 12.4 Å². The molecule has 0 aliphatic heterocycles. The first-order chi connectivity index (χ1) is 3.81. The van der Waals surface area contributed by atoms with Gasteiger partial charge < -0.3 is 11.1 Å². The van der Waals surface area contributed by atoms with E-state index in [1.807, 2.05) is 13.0 Å². The number of hydrogen-bond acceptors (Lipinski definition) is 2. The smallest absolute Gasteiger partial charge is 0.0918 e. The summed E-state index contributed by atoms with van der Waals surface area (Å²) in [5, 5.41) is 2.90. The monoisotopic (exact) mass is 148 g/mol. The summed E-state index contributed by atoms with van der Waals surface area (Å²) in [6.07, 6.45) is 3.57. The Bertz CT molecular complexity index is 99.2. The van der Waals surface area contributed by atoms with Gasteiger partial charge in [0.1, 0.15) is 0 Å². The molecule has 0 spiro atoms. The average Bonchev–Trinajstić information content (AvgIpc) is 1.83. The van der Waals surface area contributed by atoms with Crippen LogP contribution in [0.2, 0.25) is 0 Å². The fraction of sp³-hybridized carbons (Fsp3) is 0.333. The minimum atomic E-state index is 0. The number of halogens is 1. The Morgan fingerprint density at radius 3 is 2.67 bits per heavy atom. The normalized spacial score (nSPS) is 9.67. The summed E-state index contributed by atoms with van der Waals surface area (Å²) in [5.74, 6) is 0.699. The first-order valence-corrected chi connectivity index (χ1v) is 2.57. The molecule has 0 saturated heterocycles. The molecule has 0 rings (SSSR count). The van der Waals surface area contributed by atoms with Crippen LogP contribution in [0.4, 0.5) is 0 Å². The third-order valence-electron chi connectivity index (χ3n) is 0.762. The number of allylic oxidation sites excluding steroid dienone is 1. The maximum Gasteiger partial charge on any atom is 0.0918 e. The van der Waals surface area contributed by atoms with Gasteiger partial charge in [0.05, 0.1) is 5.82 Å². The number of hydrogen-bond donors (Lipinski definition) is 2. The van der Waals surface area contributed by atoms with Crippen molar-refractivity contribution in [1.82, 2.24) is 5.32 Å². The number of nitrogens with one attached hydrogen (secondary N) is 1. The first kappa shape index (κ1) is 11.2. The van der Waals surface area contributed by atoms with Gasteiger partial charge in [0.2, 0.25) is 0 Å². The predicted molar refractivity (Wildman–Crippen MR) is 43.4 cm³/mol. The fourth-order valence-electron chi connectivity index (χ4n) is 0.292. The zero-order chi connectivity index (χ0) is 6.41. The van der Waals surface area contributed by atoms with E-state index in [1.165, 1.54) is 0 Å². The van der Waals surface area contributed by atoms with Crippen LogP contribution in [0.1, 0.15) is 6.92 Å². The summed E-state index contributed by atoms with van der Waals surface area (Å²) in [4.78, 5) is 0. The Hall–Kier alpha value is -0.630. The molecule has 0 fully saturated rings. The lowest BCUT2D eigenvalue weighted by atomic mass is 10.5. The van der Waals surface area contributed by atoms with Crippen molar-refractivity contribution in [2.45, 2.75) is 6.92 Å². The summed E-state index contributed by atoms with van der Waals surface area (Å²) < 4.78 is 0. The second-order valence-electron chi connectivity index (χ2n) is 1.41. The second-order valence-corrected chi connectivity index (χ2v) is 1.41. The molecule has 0 aromatic rings. The molecule has 0 atom stereocenters. The van der Waals surface area contributed by atoms with Crippen molar-refractivity contribution in [2.75, 3.05) is 6.54 Å². The molecule has 0 radical (unpaired) electrons. The maximum absolute atomic E-state index is 5.36. The van der Waals surface area contributed by atoms with Gasteiger partial charge in [-0.3, -0.25) is 0 Å². The van der Waals surface area contributed by atoms with E-state index in [4.69, 9.17) is 5.73 Å². The molecule has 0 aliphatic carbocycles. The minimum Gasteiger partial charge on any atom is -0.386 e. The molecule has 0 aromatic heterocycles. The van der Waals surface area contributed by atoms with Crippen LogP contribution < -0.4 is 11.1 Å². The summed E-state index contributed by atoms with van der Waals surface area (Å²) in [5.41, 5.74) is 5.36. The molecule has 0 aliphatic rings. The molecular weight excluding hydrogens is 136 g/mol. The zero-order valence-electron chi connectivity index (χ0n) is 5.55. The van der Waals surface area contributed by atoms with E-state index in [-0.39, 0.29) is 12.4 Å². The fourth-order valence-corrected chi connectivity index (χ4v) is 0.292. The highest BCUT2D eigenvalue weighted by Gasteiger charge is 1.77. The van der Waals surface area contributed by atoms with Crippen molar-refractivity contribution in [2.24, 2.45) is 5.73 Å². The molecule has 0 unspecified atom stereocenters. The van der Waals surface area contributed by atoms with E-state index < -0.39 is 0 Å². The quantitative estimate of drug-likeness (QED) is 0.587. The Balaban J connectivity index is 0. The van der Waals surface area contributed by atoms with Crippen molar-refractivity contribution in [1.29, 1.82) is 0 Å². The first-order valence-electron chi connectivity index (χ1n) is 2.57. The van der Waals surface area contributed by atoms with Crippen molar-refractivity contribution < 1.29 is 0 Å². The summed E-state index contributed by atoms with van der Waals surface area (Å²) in [6.45, 7) is 6.13. The van der Waals surface area contributed by atoms with Crippen LogP contribution in [0, 0.1) is 0 Å². The van der Waals surface area contributed by atoms with Gasteiger partial charge in [-0.05, 0) is 13.0 Å². The minimum absolute atomic E-state index is 0. The average molecular weight is 149 g/mol. The Labute approximate surface area is 62.2 Å². The van der Waals surface area contributed by atoms with E-state index >= 15 is 0 Å². The maximum atomic E-state index is 5.36. The van der Waals surface area contributed by atoms with Crippen LogP contribution in [-0.4, -0.2) is 6.54 Å². The van der Waals surface area contributed by atoms with Gasteiger partial charge in [0.25, 0.3) is 0 Å². The lowest BCUT2D eigenvalue weighted by Crippen LogP contribution is -2.19. The Morgan fingerprint density at radius 2 is 2.33 bits per heavy atom. The summed E-state index contributed by atoms with van der Waals surface area (Å²) >= 11 is 0. The van der Waals surface area contributed by atoms with Crippen LogP contribution in [0.5, 0.6) is 0 Å². The molecule has 9 heavy (non-hydrogen) atoms. The molecule has 0 bridgehead atoms. The molecule has 2 nitrogen and oxygen atoms in total. The van der Waals surface area contributed by atoms with E-state index in [0.717, 1.165) is 6.54 Å². The van der Waals surface area contributed by atoms with Crippen molar-refractivity contribution in [3.05, 3.63) is 24.6 Å². The lowest BCUT2D eigenvalue weighted by molar-refractivity contribution is 0.885. The molecule has 0 amide bonds. The Morgan fingerprint density at radius 1 is 1.78 bits per heavy atom. The standard InChI is InChI=1S/C6H12N2.ClH/c1-3-5-8-6(7)4-2;/h3-4,8H,1,5,7H2,2H3;1H. The van der Waals surface area contributed by atoms with Gasteiger partial charge in [-0.15, -0.1) is 19.0 Å². The lowest BCUT2D eigenvalue weighted by Gasteiger charge is -1.98. The van der Waals surface area contributed by atoms with Gasteiger partial charge in [-0.2, -0.15) is 0 Å². The third-order valence-corrected chi connectivity index (χ3v) is 0.762. The summed E-state index contributed by atoms with van der Waals surface area (Å²) in [6, 6.07) is 0. The van der Waals surface area contributed by atoms with Crippen LogP contribution in [-0.2, 0) is 0 Å². The topological polar surface area (TPSA) is 38.0 Å². The molecule has 0 saturated carbocycles. The van der Waals surface area contributed by atoms with E-state index in [1.54, 1.807) is 6.08 Å². The number of rotatable bonds is 3. The zero-order valence-corrected chi connectivity index (χ0v) is 6.37. The van der Waals surface area contributed by atoms with Gasteiger partial charge in [0, 0.05) is 6.54 Å². The van der Waals surface area contributed by atoms with Crippen LogP contribution >= 0.6 is 12.4 Å². The van der Waals surface area contributed by atoms with E-state index in [9.17, 15) is 0 Å². The molecule has 54 valence electrons. The van der Waals surface area contributed by atoms with Crippen LogP contribution in [0.3, 0.4) is 0 Å². The van der Waals surface area contributed by atoms with Crippen molar-refractivity contribution in [3.63, 3.8) is 0 Å². The van der Waals surface area contributed by atoms with Gasteiger partial charge in [-0.25, -0.2) is 0 Å². The molecule has 3 N–H and O–H groups in total. The number of nitrogens with two attached hydrogens (primary N) is 1.